The molecule has 4 aliphatic heterocycles. The fraction of sp³-hybridized carbons (Fsp3) is 0.459. The van der Waals surface area contributed by atoms with Crippen LogP contribution in [0.25, 0.3) is 88.7 Å². The van der Waals surface area contributed by atoms with Gasteiger partial charge in [-0.3, -0.25) is 0 Å². The van der Waals surface area contributed by atoms with E-state index in [9.17, 15) is 0 Å². The average molecular weight is 1160 g/mol. The minimum absolute atomic E-state index is 0. The molecule has 6 aromatic heterocycles. The van der Waals surface area contributed by atoms with Crippen molar-refractivity contribution < 1.29 is 19.5 Å². The van der Waals surface area contributed by atoms with Gasteiger partial charge in [0.15, 0.2) is 0 Å². The van der Waals surface area contributed by atoms with Crippen LogP contribution in [0.3, 0.4) is 0 Å². The maximum absolute atomic E-state index is 5.93. The fourth-order valence-corrected chi connectivity index (χ4v) is 15.3. The summed E-state index contributed by atoms with van der Waals surface area (Å²) < 4.78 is 0. The van der Waals surface area contributed by atoms with E-state index >= 15 is 0 Å². The summed E-state index contributed by atoms with van der Waals surface area (Å²) in [4.78, 5) is 39.7. The summed E-state index contributed by atoms with van der Waals surface area (Å²) in [6.07, 6.45) is 16.1. The van der Waals surface area contributed by atoms with Crippen LogP contribution in [0.2, 0.25) is 0 Å². The zero-order valence-corrected chi connectivity index (χ0v) is 56.7. The molecule has 0 saturated heterocycles. The maximum atomic E-state index is 5.93. The summed E-state index contributed by atoms with van der Waals surface area (Å²) in [7, 11) is 0. The molecule has 8 nitrogen and oxygen atoms in total. The van der Waals surface area contributed by atoms with Gasteiger partial charge in [-0.25, -0.2) is 19.9 Å². The third kappa shape index (κ3) is 10.5. The second kappa shape index (κ2) is 26.0. The van der Waals surface area contributed by atoms with Gasteiger partial charge in [0.1, 0.15) is 0 Å². The van der Waals surface area contributed by atoms with Gasteiger partial charge in [-0.1, -0.05) is 111 Å². The van der Waals surface area contributed by atoms with Crippen LogP contribution < -0.4 is 0 Å². The molecule has 10 heterocycles. The normalized spacial score (nSPS) is 13.6. The van der Waals surface area contributed by atoms with Crippen molar-refractivity contribution >= 4 is 88.7 Å². The van der Waals surface area contributed by atoms with Crippen molar-refractivity contribution in [1.29, 1.82) is 0 Å². The SMILES string of the molecule is CCC1=C(CC)c2nc1cc1[nH]c(cc3[nH]c(cc4nc(c2CCc2c5nc(cc6[nH]c(cc7[nH]c(cc8nc2C(CC)=C8CC)c(CC)c7CC)c(CC)c6CC)C(CC)=C5CC)C(CC)=C4CC)c(CC)c3CC)c(CC)c1CC.[Zn+2]. The molecule has 16 bridgehead atoms. The number of aromatic amines is 4. The first-order valence-electron chi connectivity index (χ1n) is 32.4. The molecule has 4 aliphatic rings. The molecule has 0 radical (unpaired) electrons. The Balaban J connectivity index is 0.00000828. The van der Waals surface area contributed by atoms with E-state index in [1.807, 2.05) is 0 Å². The van der Waals surface area contributed by atoms with Gasteiger partial charge in [-0.05, 0) is 241 Å². The van der Waals surface area contributed by atoms with E-state index in [1.54, 1.807) is 0 Å². The van der Waals surface area contributed by atoms with Crippen LogP contribution in [-0.4, -0.2) is 39.9 Å². The molecule has 430 valence electrons. The Hall–Kier alpha value is -6.18. The van der Waals surface area contributed by atoms with Crippen LogP contribution in [0.15, 0.2) is 36.4 Å². The monoisotopic (exact) mass is 1160 g/mol. The topological polar surface area (TPSA) is 115 Å². The predicted molar refractivity (Wildman–Crippen MR) is 354 cm³/mol. The van der Waals surface area contributed by atoms with Gasteiger partial charge in [0.25, 0.3) is 0 Å². The summed E-state index contributed by atoms with van der Waals surface area (Å²) in [5.41, 5.74) is 42.4. The first kappa shape index (κ1) is 61.4. The Morgan fingerprint density at radius 3 is 0.542 bits per heavy atom. The van der Waals surface area contributed by atoms with Gasteiger partial charge < -0.3 is 19.9 Å². The van der Waals surface area contributed by atoms with Crippen molar-refractivity contribution in [2.75, 3.05) is 0 Å². The number of hydrogen-bond acceptors (Lipinski definition) is 4. The number of hydrogen-bond donors (Lipinski definition) is 4. The van der Waals surface area contributed by atoms with Crippen LogP contribution in [0, 0.1) is 0 Å². The van der Waals surface area contributed by atoms with E-state index in [0.29, 0.717) is 0 Å². The van der Waals surface area contributed by atoms with Gasteiger partial charge in [-0.15, -0.1) is 0 Å². The molecule has 0 aliphatic carbocycles. The van der Waals surface area contributed by atoms with Gasteiger partial charge in [-0.2, -0.15) is 0 Å². The molecule has 6 aromatic rings. The standard InChI is InChI=1S/C74H94N8.Zn/c1-17-41-45(21-5)63-37-67-49(25-9)53(29-13)71(79-67)57(72-54(30-14)50(26-10)68(80-72)38-64-46(22-6)42(18-2)60(76-64)35-59(41)75-63)33-34-58-73-55(31-15)51(27-11)69(81-73)39-65-47(23-7)43(19-3)61(77-65)36-62-44(20-4)48(24-8)66(78-62)40-70-52(28-12)56(32-16)74(58)82-70;/h35-40,75-78H,17-34H2,1-16H3;/q;+2. The molecular formula is C74H94N8Zn+2. The van der Waals surface area contributed by atoms with Crippen LogP contribution in [0.5, 0.6) is 0 Å². The van der Waals surface area contributed by atoms with E-state index < -0.39 is 0 Å². The number of H-pyrrole nitrogens is 4. The molecule has 0 amide bonds. The van der Waals surface area contributed by atoms with E-state index in [2.05, 4.69) is 167 Å². The van der Waals surface area contributed by atoms with E-state index in [4.69, 9.17) is 19.9 Å². The Morgan fingerprint density at radius 1 is 0.217 bits per heavy atom. The molecule has 0 aromatic carbocycles. The summed E-state index contributed by atoms with van der Waals surface area (Å²) in [5.74, 6) is 0. The molecule has 4 N–H and O–H groups in total. The van der Waals surface area contributed by atoms with Gasteiger partial charge in [0, 0.05) is 55.3 Å². The average Bonchev–Trinajstić information content (AvgIpc) is 3.63. The van der Waals surface area contributed by atoms with Gasteiger partial charge in [0.05, 0.1) is 45.6 Å². The fourth-order valence-electron chi connectivity index (χ4n) is 15.3. The minimum atomic E-state index is 0. The minimum Gasteiger partial charge on any atom is -0.355 e. The first-order valence-corrected chi connectivity index (χ1v) is 32.4. The quantitative estimate of drug-likeness (QED) is 0.0605. The molecule has 9 heteroatoms. The Kier molecular flexibility index (Phi) is 19.2. The summed E-state index contributed by atoms with van der Waals surface area (Å²) >= 11 is 0. The number of nitrogens with one attached hydrogen (secondary N) is 4. The number of allylic oxidation sites excluding steroid dienone is 8. The van der Waals surface area contributed by atoms with Crippen LogP contribution in [0.4, 0.5) is 0 Å². The predicted octanol–water partition coefficient (Wildman–Crippen LogP) is 20.1. The molecule has 0 saturated carbocycles. The molecule has 0 atom stereocenters. The third-order valence-electron chi connectivity index (χ3n) is 19.0. The number of aromatic nitrogens is 8. The van der Waals surface area contributed by atoms with Crippen LogP contribution >= 0.6 is 0 Å². The number of nitrogens with zero attached hydrogens (tertiary/aromatic N) is 4. The summed E-state index contributed by atoms with van der Waals surface area (Å²) in [5, 5.41) is 0. The first-order chi connectivity index (χ1) is 39.9. The van der Waals surface area contributed by atoms with Crippen molar-refractivity contribution in [1.82, 2.24) is 39.9 Å². The second-order valence-electron chi connectivity index (χ2n) is 22.8. The summed E-state index contributed by atoms with van der Waals surface area (Å²) in [6, 6.07) is 14.3. The maximum Gasteiger partial charge on any atom is 2.00 e. The van der Waals surface area contributed by atoms with Crippen molar-refractivity contribution in [2.24, 2.45) is 0 Å². The summed E-state index contributed by atoms with van der Waals surface area (Å²) in [6.45, 7) is 37.1. The smallest absolute Gasteiger partial charge is 0.355 e. The van der Waals surface area contributed by atoms with Crippen LogP contribution in [0.1, 0.15) is 263 Å². The largest absolute Gasteiger partial charge is 2.00 e. The molecule has 0 spiro atoms. The molecule has 10 rings (SSSR count). The zero-order valence-electron chi connectivity index (χ0n) is 53.7. The number of fused-ring (bicyclic) bond motifs is 16. The van der Waals surface area contributed by atoms with Gasteiger partial charge in [0.2, 0.25) is 0 Å². The van der Waals surface area contributed by atoms with Crippen molar-refractivity contribution in [3.05, 3.63) is 138 Å². The van der Waals surface area contributed by atoms with Crippen LogP contribution in [-0.2, 0) is 83.7 Å². The zero-order chi connectivity index (χ0) is 58.3. The number of aryl methyl sites for hydroxylation is 8. The number of rotatable bonds is 19. The van der Waals surface area contributed by atoms with Crippen molar-refractivity contribution in [2.45, 2.75) is 226 Å². The molecular weight excluding hydrogens is 1070 g/mol. The van der Waals surface area contributed by atoms with Gasteiger partial charge >= 0.3 is 19.5 Å². The molecule has 0 unspecified atom stereocenters. The van der Waals surface area contributed by atoms with E-state index in [1.165, 1.54) is 144 Å². The Bertz CT molecular complexity index is 3500. The van der Waals surface area contributed by atoms with E-state index in [-0.39, 0.29) is 19.5 Å². The molecule has 0 fully saturated rings. The van der Waals surface area contributed by atoms with E-state index in [0.717, 1.165) is 161 Å². The Labute approximate surface area is 509 Å². The molecule has 83 heavy (non-hydrogen) atoms. The Morgan fingerprint density at radius 2 is 0.386 bits per heavy atom. The van der Waals surface area contributed by atoms with Crippen molar-refractivity contribution in [3.8, 4) is 0 Å². The second-order valence-corrected chi connectivity index (χ2v) is 22.8. The third-order valence-corrected chi connectivity index (χ3v) is 19.0. The van der Waals surface area contributed by atoms with Crippen molar-refractivity contribution in [3.63, 3.8) is 0 Å².